The third-order valence-electron chi connectivity index (χ3n) is 4.41. The molecule has 4 rings (SSSR count). The second-order valence-corrected chi connectivity index (χ2v) is 7.54. The molecule has 2 N–H and O–H groups in total. The average molecular weight is 392 g/mol. The maximum absolute atomic E-state index is 12.1. The largest absolute Gasteiger partial charge is 0.467 e. The zero-order chi connectivity index (χ0) is 19.3. The first kappa shape index (κ1) is 18.2. The van der Waals surface area contributed by atoms with Gasteiger partial charge in [-0.2, -0.15) is 0 Å². The molecule has 0 aliphatic rings. The molecule has 7 heteroatoms. The maximum Gasteiger partial charge on any atom is 0.222 e. The number of nitrogens with zero attached hydrogens (tertiary/aromatic N) is 2. The standard InChI is InChI=1S/C21H20N4O2S/c1-14-18(15-6-3-2-4-7-15)19-20(24-13-25-21(19)28-14)22-10-9-17(26)23-12-16-8-5-11-27-16/h2-8,11,13H,9-10,12H2,1H3,(H,23,26)(H,22,24,25). The van der Waals surface area contributed by atoms with Crippen molar-refractivity contribution in [2.75, 3.05) is 11.9 Å². The summed E-state index contributed by atoms with van der Waals surface area (Å²) in [6.07, 6.45) is 3.50. The van der Waals surface area contributed by atoms with E-state index in [1.807, 2.05) is 24.3 Å². The molecule has 0 unspecified atom stereocenters. The van der Waals surface area contributed by atoms with E-state index in [1.54, 1.807) is 30.0 Å². The number of thiophene rings is 1. The number of furan rings is 1. The lowest BCUT2D eigenvalue weighted by molar-refractivity contribution is -0.121. The Hall–Kier alpha value is -3.19. The van der Waals surface area contributed by atoms with Gasteiger partial charge in [0.05, 0.1) is 18.2 Å². The van der Waals surface area contributed by atoms with Crippen LogP contribution in [0.3, 0.4) is 0 Å². The van der Waals surface area contributed by atoms with Crippen molar-refractivity contribution in [1.82, 2.24) is 15.3 Å². The van der Waals surface area contributed by atoms with Crippen LogP contribution < -0.4 is 10.6 Å². The van der Waals surface area contributed by atoms with Crippen molar-refractivity contribution in [3.8, 4) is 11.1 Å². The number of anilines is 1. The third-order valence-corrected chi connectivity index (χ3v) is 5.42. The van der Waals surface area contributed by atoms with Crippen LogP contribution in [0.25, 0.3) is 21.3 Å². The number of fused-ring (bicyclic) bond motifs is 1. The predicted octanol–water partition coefficient (Wildman–Crippen LogP) is 4.38. The molecule has 0 saturated heterocycles. The Balaban J connectivity index is 1.47. The van der Waals surface area contributed by atoms with Gasteiger partial charge in [-0.05, 0) is 24.6 Å². The molecule has 0 saturated carbocycles. The maximum atomic E-state index is 12.1. The lowest BCUT2D eigenvalue weighted by atomic mass is 10.0. The summed E-state index contributed by atoms with van der Waals surface area (Å²) in [5.74, 6) is 1.45. The number of benzene rings is 1. The molecule has 1 amide bonds. The van der Waals surface area contributed by atoms with Crippen LogP contribution in [0.15, 0.2) is 59.5 Å². The number of nitrogens with one attached hydrogen (secondary N) is 2. The van der Waals surface area contributed by atoms with Crippen LogP contribution in [0.4, 0.5) is 5.82 Å². The van der Waals surface area contributed by atoms with Crippen molar-refractivity contribution >= 4 is 33.3 Å². The Morgan fingerprint density at radius 1 is 1.14 bits per heavy atom. The first-order valence-electron chi connectivity index (χ1n) is 9.05. The van der Waals surface area contributed by atoms with Gasteiger partial charge in [-0.15, -0.1) is 11.3 Å². The topological polar surface area (TPSA) is 80.0 Å². The fourth-order valence-corrected chi connectivity index (χ4v) is 4.13. The van der Waals surface area contributed by atoms with E-state index in [-0.39, 0.29) is 5.91 Å². The molecule has 0 atom stereocenters. The van der Waals surface area contributed by atoms with Gasteiger partial charge in [-0.3, -0.25) is 4.79 Å². The zero-order valence-corrected chi connectivity index (χ0v) is 16.3. The first-order valence-corrected chi connectivity index (χ1v) is 9.86. The molecule has 3 aromatic heterocycles. The Morgan fingerprint density at radius 2 is 2.00 bits per heavy atom. The summed E-state index contributed by atoms with van der Waals surface area (Å²) in [7, 11) is 0. The van der Waals surface area contributed by atoms with Gasteiger partial charge in [0.2, 0.25) is 5.91 Å². The highest BCUT2D eigenvalue weighted by Gasteiger charge is 2.16. The monoisotopic (exact) mass is 392 g/mol. The summed E-state index contributed by atoms with van der Waals surface area (Å²) in [4.78, 5) is 23.1. The van der Waals surface area contributed by atoms with E-state index >= 15 is 0 Å². The molecule has 1 aromatic carbocycles. The number of rotatable bonds is 7. The Morgan fingerprint density at radius 3 is 2.79 bits per heavy atom. The molecule has 6 nitrogen and oxygen atoms in total. The van der Waals surface area contributed by atoms with E-state index in [4.69, 9.17) is 4.42 Å². The van der Waals surface area contributed by atoms with Crippen molar-refractivity contribution in [2.24, 2.45) is 0 Å². The van der Waals surface area contributed by atoms with E-state index in [0.717, 1.165) is 32.9 Å². The van der Waals surface area contributed by atoms with Crippen molar-refractivity contribution in [1.29, 1.82) is 0 Å². The van der Waals surface area contributed by atoms with Crippen molar-refractivity contribution in [3.63, 3.8) is 0 Å². The van der Waals surface area contributed by atoms with Gasteiger partial charge in [-0.25, -0.2) is 9.97 Å². The highest BCUT2D eigenvalue weighted by molar-refractivity contribution is 7.19. The highest BCUT2D eigenvalue weighted by Crippen LogP contribution is 2.40. The van der Waals surface area contributed by atoms with Gasteiger partial charge >= 0.3 is 0 Å². The lowest BCUT2D eigenvalue weighted by Gasteiger charge is -2.09. The van der Waals surface area contributed by atoms with E-state index < -0.39 is 0 Å². The van der Waals surface area contributed by atoms with Crippen LogP contribution in [0, 0.1) is 6.92 Å². The van der Waals surface area contributed by atoms with Gasteiger partial charge in [0, 0.05) is 23.4 Å². The summed E-state index contributed by atoms with van der Waals surface area (Å²) < 4.78 is 5.22. The molecule has 3 heterocycles. The summed E-state index contributed by atoms with van der Waals surface area (Å²) in [6.45, 7) is 2.98. The number of aromatic nitrogens is 2. The molecule has 0 spiro atoms. The van der Waals surface area contributed by atoms with Crippen LogP contribution >= 0.6 is 11.3 Å². The van der Waals surface area contributed by atoms with Crippen LogP contribution in [0.2, 0.25) is 0 Å². The summed E-state index contributed by atoms with van der Waals surface area (Å²) in [5, 5.41) is 7.16. The fraction of sp³-hybridized carbons (Fsp3) is 0.190. The second-order valence-electron chi connectivity index (χ2n) is 6.33. The van der Waals surface area contributed by atoms with Gasteiger partial charge in [-0.1, -0.05) is 30.3 Å². The third kappa shape index (κ3) is 3.89. The fourth-order valence-electron chi connectivity index (χ4n) is 3.11. The van der Waals surface area contributed by atoms with Crippen LogP contribution in [0.5, 0.6) is 0 Å². The van der Waals surface area contributed by atoms with Crippen LogP contribution in [-0.2, 0) is 11.3 Å². The highest BCUT2D eigenvalue weighted by atomic mass is 32.1. The van der Waals surface area contributed by atoms with E-state index in [1.165, 1.54) is 4.88 Å². The molecule has 28 heavy (non-hydrogen) atoms. The quantitative estimate of drug-likeness (QED) is 0.488. The summed E-state index contributed by atoms with van der Waals surface area (Å²) >= 11 is 1.65. The zero-order valence-electron chi connectivity index (χ0n) is 15.4. The minimum absolute atomic E-state index is 0.0426. The van der Waals surface area contributed by atoms with Gasteiger partial charge in [0.25, 0.3) is 0 Å². The number of hydrogen-bond acceptors (Lipinski definition) is 6. The molecule has 0 aliphatic carbocycles. The predicted molar refractivity (Wildman–Crippen MR) is 111 cm³/mol. The molecule has 0 fully saturated rings. The Bertz CT molecular complexity index is 1070. The number of amides is 1. The smallest absolute Gasteiger partial charge is 0.222 e. The SMILES string of the molecule is Cc1sc2ncnc(NCCC(=O)NCc3ccco3)c2c1-c1ccccc1. The minimum atomic E-state index is -0.0426. The molecule has 0 radical (unpaired) electrons. The van der Waals surface area contributed by atoms with Crippen molar-refractivity contribution in [3.05, 3.63) is 65.7 Å². The van der Waals surface area contributed by atoms with E-state index in [0.29, 0.717) is 19.5 Å². The number of carbonyl (C=O) groups excluding carboxylic acids is 1. The van der Waals surface area contributed by atoms with E-state index in [9.17, 15) is 4.79 Å². The average Bonchev–Trinajstić information content (AvgIpc) is 3.34. The molecule has 0 aliphatic heterocycles. The number of carbonyl (C=O) groups is 1. The lowest BCUT2D eigenvalue weighted by Crippen LogP contribution is -2.24. The van der Waals surface area contributed by atoms with Crippen molar-refractivity contribution < 1.29 is 9.21 Å². The van der Waals surface area contributed by atoms with Crippen LogP contribution in [0.1, 0.15) is 17.1 Å². The van der Waals surface area contributed by atoms with Crippen LogP contribution in [-0.4, -0.2) is 22.4 Å². The second kappa shape index (κ2) is 8.22. The number of hydrogen-bond donors (Lipinski definition) is 2. The molecule has 0 bridgehead atoms. The molecular formula is C21H20N4O2S. The summed E-state index contributed by atoms with van der Waals surface area (Å²) in [5.41, 5.74) is 2.28. The van der Waals surface area contributed by atoms with Gasteiger partial charge in [0.15, 0.2) is 0 Å². The van der Waals surface area contributed by atoms with Gasteiger partial charge in [0.1, 0.15) is 22.7 Å². The van der Waals surface area contributed by atoms with Crippen molar-refractivity contribution in [2.45, 2.75) is 19.9 Å². The normalized spacial score (nSPS) is 10.9. The Kier molecular flexibility index (Phi) is 5.34. The molecule has 142 valence electrons. The minimum Gasteiger partial charge on any atom is -0.467 e. The van der Waals surface area contributed by atoms with E-state index in [2.05, 4.69) is 39.7 Å². The summed E-state index contributed by atoms with van der Waals surface area (Å²) in [6, 6.07) is 13.9. The number of aryl methyl sites for hydroxylation is 1. The molecular weight excluding hydrogens is 372 g/mol. The Labute approximate surface area is 166 Å². The first-order chi connectivity index (χ1) is 13.7. The van der Waals surface area contributed by atoms with Gasteiger partial charge < -0.3 is 15.1 Å². The molecule has 4 aromatic rings.